The Morgan fingerprint density at radius 2 is 2.19 bits per heavy atom. The molecule has 1 fully saturated rings. The molecule has 1 unspecified atom stereocenters. The largest absolute Gasteiger partial charge is 0.465 e. The van der Waals surface area contributed by atoms with Gasteiger partial charge in [0.1, 0.15) is 0 Å². The van der Waals surface area contributed by atoms with Gasteiger partial charge in [-0.25, -0.2) is 17.9 Å². The molecule has 1 aliphatic rings. The molecule has 0 amide bonds. The molecule has 1 heterocycles. The molecule has 1 saturated heterocycles. The van der Waals surface area contributed by atoms with Crippen molar-refractivity contribution in [3.8, 4) is 0 Å². The lowest BCUT2D eigenvalue weighted by Crippen LogP contribution is -2.37. The Balaban J connectivity index is 2.04. The minimum atomic E-state index is -3.48. The molecule has 0 saturated carbocycles. The van der Waals surface area contributed by atoms with Crippen LogP contribution in [0.25, 0.3) is 0 Å². The van der Waals surface area contributed by atoms with Gasteiger partial charge in [-0.2, -0.15) is 0 Å². The zero-order valence-corrected chi connectivity index (χ0v) is 12.8. The van der Waals surface area contributed by atoms with Gasteiger partial charge < -0.3 is 10.1 Å². The van der Waals surface area contributed by atoms with Crippen LogP contribution in [0.1, 0.15) is 28.8 Å². The first-order chi connectivity index (χ1) is 10.0. The normalized spacial score (nSPS) is 18.6. The average Bonchev–Trinajstić information content (AvgIpc) is 2.98. The van der Waals surface area contributed by atoms with E-state index >= 15 is 0 Å². The van der Waals surface area contributed by atoms with Gasteiger partial charge in [-0.1, -0.05) is 18.2 Å². The molecule has 2 N–H and O–H groups in total. The molecule has 0 aromatic heterocycles. The summed E-state index contributed by atoms with van der Waals surface area (Å²) in [5.74, 6) is -0.761. The number of hydrogen-bond acceptors (Lipinski definition) is 5. The maximum Gasteiger partial charge on any atom is 0.338 e. The summed E-state index contributed by atoms with van der Waals surface area (Å²) in [6, 6.07) is 6.76. The second kappa shape index (κ2) is 7.02. The van der Waals surface area contributed by atoms with E-state index < -0.39 is 16.0 Å². The van der Waals surface area contributed by atoms with E-state index in [-0.39, 0.29) is 17.4 Å². The van der Waals surface area contributed by atoms with Crippen LogP contribution in [0.4, 0.5) is 0 Å². The summed E-state index contributed by atoms with van der Waals surface area (Å²) in [6.07, 6.45) is 2.04. The third-order valence-corrected chi connectivity index (χ3v) is 4.78. The van der Waals surface area contributed by atoms with Gasteiger partial charge in [0.2, 0.25) is 10.0 Å². The minimum Gasteiger partial charge on any atom is -0.465 e. The van der Waals surface area contributed by atoms with Gasteiger partial charge in [0.25, 0.3) is 0 Å². The third-order valence-electron chi connectivity index (χ3n) is 3.48. The van der Waals surface area contributed by atoms with Crippen LogP contribution in [0, 0.1) is 0 Å². The van der Waals surface area contributed by atoms with Gasteiger partial charge in [-0.05, 0) is 31.0 Å². The lowest BCUT2D eigenvalue weighted by molar-refractivity contribution is 0.0600. The number of ether oxygens (including phenoxy) is 1. The maximum absolute atomic E-state index is 12.1. The highest BCUT2D eigenvalue weighted by molar-refractivity contribution is 7.88. The van der Waals surface area contributed by atoms with Crippen molar-refractivity contribution in [3.63, 3.8) is 0 Å². The molecule has 116 valence electrons. The minimum absolute atomic E-state index is 0.190. The van der Waals surface area contributed by atoms with E-state index in [2.05, 4.69) is 14.8 Å². The molecule has 0 bridgehead atoms. The Morgan fingerprint density at radius 3 is 2.86 bits per heavy atom. The molecule has 21 heavy (non-hydrogen) atoms. The summed E-state index contributed by atoms with van der Waals surface area (Å²) in [5.41, 5.74) is 0.723. The Kier molecular flexibility index (Phi) is 5.33. The highest BCUT2D eigenvalue weighted by Gasteiger charge is 2.20. The fourth-order valence-corrected chi connectivity index (χ4v) is 3.59. The number of methoxy groups -OCH3 is 1. The van der Waals surface area contributed by atoms with Gasteiger partial charge in [0.15, 0.2) is 0 Å². The molecule has 0 spiro atoms. The van der Waals surface area contributed by atoms with Crippen LogP contribution < -0.4 is 10.0 Å². The first-order valence-corrected chi connectivity index (χ1v) is 8.54. The van der Waals surface area contributed by atoms with E-state index in [1.807, 2.05) is 0 Å². The summed E-state index contributed by atoms with van der Waals surface area (Å²) in [7, 11) is -2.21. The Bertz CT molecular complexity index is 595. The molecule has 7 heteroatoms. The predicted octanol–water partition coefficient (Wildman–Crippen LogP) is 0.645. The first-order valence-electron chi connectivity index (χ1n) is 6.89. The zero-order chi connectivity index (χ0) is 15.3. The van der Waals surface area contributed by atoms with Crippen molar-refractivity contribution in [1.82, 2.24) is 10.0 Å². The van der Waals surface area contributed by atoms with Crippen molar-refractivity contribution in [1.29, 1.82) is 0 Å². The number of benzene rings is 1. The van der Waals surface area contributed by atoms with Crippen molar-refractivity contribution in [2.75, 3.05) is 20.2 Å². The van der Waals surface area contributed by atoms with Crippen LogP contribution in [0.5, 0.6) is 0 Å². The standard InChI is InChI=1S/C14H20N2O4S/c1-20-14(17)13-7-3-2-5-11(13)10-21(18,19)16-9-12-6-4-8-15-12/h2-3,5,7,12,15-16H,4,6,8-10H2,1H3. The fourth-order valence-electron chi connectivity index (χ4n) is 2.37. The monoisotopic (exact) mass is 312 g/mol. The van der Waals surface area contributed by atoms with Crippen molar-refractivity contribution in [3.05, 3.63) is 35.4 Å². The van der Waals surface area contributed by atoms with Crippen molar-refractivity contribution in [2.24, 2.45) is 0 Å². The lowest BCUT2D eigenvalue weighted by Gasteiger charge is -2.13. The third kappa shape index (κ3) is 4.52. The second-order valence-corrected chi connectivity index (χ2v) is 6.86. The molecular weight excluding hydrogens is 292 g/mol. The van der Waals surface area contributed by atoms with Gasteiger partial charge in [-0.15, -0.1) is 0 Å². The summed E-state index contributed by atoms with van der Waals surface area (Å²) in [4.78, 5) is 11.6. The van der Waals surface area contributed by atoms with E-state index in [1.165, 1.54) is 7.11 Å². The van der Waals surface area contributed by atoms with Gasteiger partial charge in [0, 0.05) is 12.6 Å². The predicted molar refractivity (Wildman–Crippen MR) is 79.4 cm³/mol. The zero-order valence-electron chi connectivity index (χ0n) is 12.0. The van der Waals surface area contributed by atoms with Gasteiger partial charge >= 0.3 is 5.97 Å². The number of rotatable bonds is 6. The van der Waals surface area contributed by atoms with Crippen LogP contribution >= 0.6 is 0 Å². The fraction of sp³-hybridized carbons (Fsp3) is 0.500. The summed E-state index contributed by atoms with van der Waals surface area (Å²) in [5, 5.41) is 3.23. The van der Waals surface area contributed by atoms with E-state index in [9.17, 15) is 13.2 Å². The number of sulfonamides is 1. The molecule has 0 aliphatic carbocycles. The summed E-state index contributed by atoms with van der Waals surface area (Å²) >= 11 is 0. The number of nitrogens with one attached hydrogen (secondary N) is 2. The SMILES string of the molecule is COC(=O)c1ccccc1CS(=O)(=O)NCC1CCCN1. The van der Waals surface area contributed by atoms with E-state index in [0.29, 0.717) is 12.1 Å². The highest BCUT2D eigenvalue weighted by atomic mass is 32.2. The van der Waals surface area contributed by atoms with Gasteiger partial charge in [0.05, 0.1) is 18.4 Å². The second-order valence-electron chi connectivity index (χ2n) is 5.05. The molecule has 1 atom stereocenters. The summed E-state index contributed by atoms with van der Waals surface area (Å²) in [6.45, 7) is 1.31. The van der Waals surface area contributed by atoms with Crippen molar-refractivity contribution < 1.29 is 17.9 Å². The lowest BCUT2D eigenvalue weighted by atomic mass is 10.1. The van der Waals surface area contributed by atoms with Crippen LogP contribution in [0.3, 0.4) is 0 Å². The quantitative estimate of drug-likeness (QED) is 0.753. The van der Waals surface area contributed by atoms with Crippen LogP contribution in [0.2, 0.25) is 0 Å². The average molecular weight is 312 g/mol. The number of esters is 1. The molecule has 6 nitrogen and oxygen atoms in total. The highest BCUT2D eigenvalue weighted by Crippen LogP contribution is 2.13. The molecule has 1 aliphatic heterocycles. The van der Waals surface area contributed by atoms with E-state index in [4.69, 9.17) is 0 Å². The smallest absolute Gasteiger partial charge is 0.338 e. The summed E-state index contributed by atoms with van der Waals surface area (Å²) < 4.78 is 31.5. The van der Waals surface area contributed by atoms with Crippen molar-refractivity contribution >= 4 is 16.0 Å². The molecule has 0 radical (unpaired) electrons. The number of carbonyl (C=O) groups excluding carboxylic acids is 1. The Labute approximate surface area is 124 Å². The maximum atomic E-state index is 12.1. The first kappa shape index (κ1) is 15.9. The topological polar surface area (TPSA) is 84.5 Å². The van der Waals surface area contributed by atoms with Crippen LogP contribution in [0.15, 0.2) is 24.3 Å². The number of carbonyl (C=O) groups is 1. The number of hydrogen-bond donors (Lipinski definition) is 2. The molecule has 1 aromatic rings. The van der Waals surface area contributed by atoms with E-state index in [0.717, 1.165) is 19.4 Å². The van der Waals surface area contributed by atoms with E-state index in [1.54, 1.807) is 24.3 Å². The Morgan fingerprint density at radius 1 is 1.43 bits per heavy atom. The molecule has 2 rings (SSSR count). The van der Waals surface area contributed by atoms with Crippen LogP contribution in [-0.2, 0) is 20.5 Å². The van der Waals surface area contributed by atoms with Gasteiger partial charge in [-0.3, -0.25) is 0 Å². The Hall–Kier alpha value is -1.44. The van der Waals surface area contributed by atoms with Crippen LogP contribution in [-0.4, -0.2) is 40.6 Å². The van der Waals surface area contributed by atoms with Crippen molar-refractivity contribution in [2.45, 2.75) is 24.6 Å². The molecular formula is C14H20N2O4S. The molecule has 1 aromatic carbocycles.